The standard InChI is InChI=1S/C30H40N6O5S/c1-20-14-21(16-23(15-20)41-27-8-9-31-26(33-27)19-36-12-10-35(5)11-13-36)29(37)32-24-17-22(30(2,3)4)18-25(28(24)40-6)34-42(7,38)39/h8-9,14-18,34H,10-13,19H2,1-7H3,(H,32,37). The van der Waals surface area contributed by atoms with Gasteiger partial charge < -0.3 is 19.7 Å². The van der Waals surface area contributed by atoms with Gasteiger partial charge in [-0.15, -0.1) is 0 Å². The number of hydrogen-bond donors (Lipinski definition) is 2. The molecule has 1 amide bonds. The number of benzene rings is 2. The van der Waals surface area contributed by atoms with Gasteiger partial charge >= 0.3 is 0 Å². The number of piperazine rings is 1. The van der Waals surface area contributed by atoms with Gasteiger partial charge in [0.1, 0.15) is 11.6 Å². The minimum absolute atomic E-state index is 0.208. The Morgan fingerprint density at radius 1 is 1.05 bits per heavy atom. The number of rotatable bonds is 9. The van der Waals surface area contributed by atoms with E-state index in [-0.39, 0.29) is 16.9 Å². The molecule has 226 valence electrons. The number of anilines is 2. The first-order valence-electron chi connectivity index (χ1n) is 13.7. The SMILES string of the molecule is COc1c(NC(=O)c2cc(C)cc(Oc3ccnc(CN4CCN(C)CC4)n3)c2)cc(C(C)(C)C)cc1NS(C)(=O)=O. The number of carbonyl (C=O) groups excluding carboxylic acids is 1. The van der Waals surface area contributed by atoms with Gasteiger partial charge in [0.05, 0.1) is 31.3 Å². The van der Waals surface area contributed by atoms with Crippen molar-refractivity contribution in [2.75, 3.05) is 56.6 Å². The Labute approximate surface area is 248 Å². The molecule has 0 spiro atoms. The van der Waals surface area contributed by atoms with Crippen molar-refractivity contribution in [3.63, 3.8) is 0 Å². The van der Waals surface area contributed by atoms with E-state index < -0.39 is 15.9 Å². The molecular weight excluding hydrogens is 556 g/mol. The van der Waals surface area contributed by atoms with Crippen LogP contribution in [0.3, 0.4) is 0 Å². The molecule has 2 N–H and O–H groups in total. The van der Waals surface area contributed by atoms with Crippen molar-refractivity contribution >= 4 is 27.3 Å². The van der Waals surface area contributed by atoms with E-state index in [0.717, 1.165) is 43.6 Å². The highest BCUT2D eigenvalue weighted by Gasteiger charge is 2.23. The van der Waals surface area contributed by atoms with Gasteiger partial charge in [-0.25, -0.2) is 13.4 Å². The highest BCUT2D eigenvalue weighted by Crippen LogP contribution is 2.39. The lowest BCUT2D eigenvalue weighted by atomic mass is 9.86. The highest BCUT2D eigenvalue weighted by molar-refractivity contribution is 7.92. The van der Waals surface area contributed by atoms with Crippen LogP contribution in [-0.4, -0.2) is 80.7 Å². The van der Waals surface area contributed by atoms with Crippen LogP contribution in [0.4, 0.5) is 11.4 Å². The number of amides is 1. The Hall–Kier alpha value is -3.74. The minimum atomic E-state index is -3.60. The minimum Gasteiger partial charge on any atom is -0.492 e. The number of ether oxygens (including phenoxy) is 2. The van der Waals surface area contributed by atoms with Gasteiger partial charge in [0.25, 0.3) is 5.91 Å². The second-order valence-corrected chi connectivity index (χ2v) is 13.5. The number of aromatic nitrogens is 2. The van der Waals surface area contributed by atoms with Crippen molar-refractivity contribution in [1.29, 1.82) is 0 Å². The molecule has 1 fully saturated rings. The molecule has 0 bridgehead atoms. The molecular formula is C30H40N6O5S. The third kappa shape index (κ3) is 8.40. The van der Waals surface area contributed by atoms with E-state index in [1.807, 2.05) is 33.8 Å². The van der Waals surface area contributed by atoms with Gasteiger partial charge in [-0.1, -0.05) is 20.8 Å². The van der Waals surface area contributed by atoms with Crippen LogP contribution in [0.5, 0.6) is 17.4 Å². The Bertz CT molecular complexity index is 1550. The predicted molar refractivity (Wildman–Crippen MR) is 164 cm³/mol. The van der Waals surface area contributed by atoms with Crippen molar-refractivity contribution in [2.45, 2.75) is 39.7 Å². The molecule has 12 heteroatoms. The number of carbonyl (C=O) groups is 1. The van der Waals surface area contributed by atoms with Crippen molar-refractivity contribution in [3.05, 3.63) is 65.1 Å². The molecule has 1 aliphatic heterocycles. The zero-order valence-corrected chi connectivity index (χ0v) is 26.1. The first-order valence-corrected chi connectivity index (χ1v) is 15.6. The lowest BCUT2D eigenvalue weighted by molar-refractivity contribution is 0.102. The van der Waals surface area contributed by atoms with Gasteiger partial charge in [-0.3, -0.25) is 14.4 Å². The zero-order chi connectivity index (χ0) is 30.7. The van der Waals surface area contributed by atoms with Crippen LogP contribution in [-0.2, 0) is 22.0 Å². The van der Waals surface area contributed by atoms with Gasteiger partial charge in [-0.2, -0.15) is 4.98 Å². The Morgan fingerprint density at radius 2 is 1.74 bits per heavy atom. The highest BCUT2D eigenvalue weighted by atomic mass is 32.2. The summed E-state index contributed by atoms with van der Waals surface area (Å²) in [4.78, 5) is 27.1. The van der Waals surface area contributed by atoms with E-state index in [0.29, 0.717) is 35.2 Å². The summed E-state index contributed by atoms with van der Waals surface area (Å²) in [5.41, 5.74) is 2.25. The zero-order valence-electron chi connectivity index (χ0n) is 25.3. The number of aryl methyl sites for hydroxylation is 1. The van der Waals surface area contributed by atoms with Crippen LogP contribution in [0, 0.1) is 6.92 Å². The van der Waals surface area contributed by atoms with Crippen LogP contribution >= 0.6 is 0 Å². The van der Waals surface area contributed by atoms with Crippen molar-refractivity contribution < 1.29 is 22.7 Å². The number of hydrogen-bond acceptors (Lipinski definition) is 9. The number of likely N-dealkylation sites (N-methyl/N-ethyl adjacent to an activating group) is 1. The van der Waals surface area contributed by atoms with E-state index in [2.05, 4.69) is 36.9 Å². The van der Waals surface area contributed by atoms with Gasteiger partial charge in [0.15, 0.2) is 5.75 Å². The van der Waals surface area contributed by atoms with E-state index in [4.69, 9.17) is 9.47 Å². The van der Waals surface area contributed by atoms with Crippen LogP contribution in [0.25, 0.3) is 0 Å². The summed E-state index contributed by atoms with van der Waals surface area (Å²) in [7, 11) is -0.0576. The van der Waals surface area contributed by atoms with E-state index in [9.17, 15) is 13.2 Å². The fourth-order valence-corrected chi connectivity index (χ4v) is 5.17. The summed E-state index contributed by atoms with van der Waals surface area (Å²) in [5, 5.41) is 2.90. The normalized spacial score (nSPS) is 14.8. The summed E-state index contributed by atoms with van der Waals surface area (Å²) >= 11 is 0. The maximum atomic E-state index is 13.5. The van der Waals surface area contributed by atoms with Gasteiger partial charge in [0.2, 0.25) is 15.9 Å². The maximum absolute atomic E-state index is 13.5. The number of methoxy groups -OCH3 is 1. The second kappa shape index (κ2) is 12.6. The van der Waals surface area contributed by atoms with Crippen LogP contribution in [0.15, 0.2) is 42.6 Å². The Kier molecular flexibility index (Phi) is 9.39. The number of sulfonamides is 1. The maximum Gasteiger partial charge on any atom is 0.255 e. The summed E-state index contributed by atoms with van der Waals surface area (Å²) in [6.07, 6.45) is 2.74. The summed E-state index contributed by atoms with van der Waals surface area (Å²) in [6.45, 7) is 12.4. The van der Waals surface area contributed by atoms with E-state index in [1.165, 1.54) is 7.11 Å². The molecule has 4 rings (SSSR count). The summed E-state index contributed by atoms with van der Waals surface area (Å²) in [6, 6.07) is 10.4. The van der Waals surface area contributed by atoms with E-state index in [1.54, 1.807) is 36.5 Å². The quantitative estimate of drug-likeness (QED) is 0.373. The molecule has 0 atom stereocenters. The predicted octanol–water partition coefficient (Wildman–Crippen LogP) is 4.25. The third-order valence-electron chi connectivity index (χ3n) is 6.88. The molecule has 42 heavy (non-hydrogen) atoms. The van der Waals surface area contributed by atoms with E-state index >= 15 is 0 Å². The summed E-state index contributed by atoms with van der Waals surface area (Å²) < 4.78 is 38.2. The second-order valence-electron chi connectivity index (χ2n) is 11.7. The van der Waals surface area contributed by atoms with Crippen molar-refractivity contribution in [1.82, 2.24) is 19.8 Å². The average Bonchev–Trinajstić information content (AvgIpc) is 2.88. The monoisotopic (exact) mass is 596 g/mol. The van der Waals surface area contributed by atoms with Gasteiger partial charge in [-0.05, 0) is 60.8 Å². The molecule has 1 aromatic heterocycles. The lowest BCUT2D eigenvalue weighted by Crippen LogP contribution is -2.44. The topological polar surface area (TPSA) is 126 Å². The average molecular weight is 597 g/mol. The largest absolute Gasteiger partial charge is 0.492 e. The van der Waals surface area contributed by atoms with Gasteiger partial charge in [0, 0.05) is 44.0 Å². The van der Waals surface area contributed by atoms with Crippen LogP contribution < -0.4 is 19.5 Å². The molecule has 0 aliphatic carbocycles. The molecule has 3 aromatic rings. The molecule has 0 unspecified atom stereocenters. The van der Waals surface area contributed by atoms with Crippen LogP contribution in [0.2, 0.25) is 0 Å². The molecule has 2 heterocycles. The Balaban J connectivity index is 1.57. The summed E-state index contributed by atoms with van der Waals surface area (Å²) in [5.74, 6) is 1.32. The van der Waals surface area contributed by atoms with Crippen molar-refractivity contribution in [3.8, 4) is 17.4 Å². The fourth-order valence-electron chi connectivity index (χ4n) is 4.62. The number of nitrogens with zero attached hydrogens (tertiary/aromatic N) is 4. The lowest BCUT2D eigenvalue weighted by Gasteiger charge is -2.31. The molecule has 11 nitrogen and oxygen atoms in total. The Morgan fingerprint density at radius 3 is 2.38 bits per heavy atom. The molecule has 1 aliphatic rings. The fraction of sp³-hybridized carbons (Fsp3) is 0.433. The molecule has 1 saturated heterocycles. The number of nitrogens with one attached hydrogen (secondary N) is 2. The van der Waals surface area contributed by atoms with Crippen LogP contribution in [0.1, 0.15) is 48.1 Å². The first-order chi connectivity index (χ1) is 19.7. The molecule has 0 radical (unpaired) electrons. The smallest absolute Gasteiger partial charge is 0.255 e. The third-order valence-corrected chi connectivity index (χ3v) is 7.47. The first kappa shape index (κ1) is 31.2. The molecule has 2 aromatic carbocycles. The van der Waals surface area contributed by atoms with Crippen molar-refractivity contribution in [2.24, 2.45) is 0 Å². The molecule has 0 saturated carbocycles.